The maximum absolute atomic E-state index is 10.00. The maximum atomic E-state index is 10.00. The summed E-state index contributed by atoms with van der Waals surface area (Å²) in [7, 11) is -8.24. The summed E-state index contributed by atoms with van der Waals surface area (Å²) in [6.45, 7) is 0. The highest BCUT2D eigenvalue weighted by molar-refractivity contribution is 7.86. The fourth-order valence-corrected chi connectivity index (χ4v) is 1.62. The molecule has 0 unspecified atom stereocenters. The molecule has 0 aromatic rings. The summed E-state index contributed by atoms with van der Waals surface area (Å²) in [5, 5.41) is 0. The molecular weight excluding hydrogens is 232 g/mol. The van der Waals surface area contributed by atoms with Gasteiger partial charge in [-0.2, -0.15) is 16.8 Å². The molecule has 0 atom stereocenters. The summed E-state index contributed by atoms with van der Waals surface area (Å²) in [4.78, 5) is 0. The van der Waals surface area contributed by atoms with Crippen LogP contribution in [0.2, 0.25) is 0 Å². The maximum Gasteiger partial charge on any atom is 0.264 e. The van der Waals surface area contributed by atoms with Gasteiger partial charge in [-0.15, -0.1) is 12.4 Å². The van der Waals surface area contributed by atoms with E-state index in [1.807, 2.05) is 0 Å². The molecule has 0 saturated heterocycles. The van der Waals surface area contributed by atoms with Gasteiger partial charge in [-0.05, 0) is 6.42 Å². The lowest BCUT2D eigenvalue weighted by Crippen LogP contribution is -2.10. The minimum atomic E-state index is -4.12. The molecule has 76 valence electrons. The second-order valence-electron chi connectivity index (χ2n) is 1.93. The summed E-state index contributed by atoms with van der Waals surface area (Å²) in [5.41, 5.74) is 0. The van der Waals surface area contributed by atoms with E-state index in [1.54, 1.807) is 0 Å². The minimum Gasteiger partial charge on any atom is -0.286 e. The van der Waals surface area contributed by atoms with Gasteiger partial charge in [0, 0.05) is 0 Å². The quantitative estimate of drug-likeness (QED) is 0.646. The molecule has 12 heavy (non-hydrogen) atoms. The molecule has 0 aromatic heterocycles. The van der Waals surface area contributed by atoms with Gasteiger partial charge in [0.1, 0.15) is 0 Å². The molecule has 0 aliphatic carbocycles. The summed E-state index contributed by atoms with van der Waals surface area (Å²) < 4.78 is 56.2. The van der Waals surface area contributed by atoms with Crippen LogP contribution in [0.5, 0.6) is 0 Å². The van der Waals surface area contributed by atoms with Crippen LogP contribution in [-0.2, 0) is 20.2 Å². The van der Waals surface area contributed by atoms with Crippen LogP contribution in [0.4, 0.5) is 0 Å². The van der Waals surface area contributed by atoms with Gasteiger partial charge in [0.25, 0.3) is 20.2 Å². The third-order valence-corrected chi connectivity index (χ3v) is 2.41. The molecule has 6 nitrogen and oxygen atoms in total. The van der Waals surface area contributed by atoms with Gasteiger partial charge in [-0.25, -0.2) is 0 Å². The van der Waals surface area contributed by atoms with Crippen molar-refractivity contribution >= 4 is 32.6 Å². The molecule has 2 N–H and O–H groups in total. The van der Waals surface area contributed by atoms with Gasteiger partial charge in [-0.1, -0.05) is 0 Å². The van der Waals surface area contributed by atoms with E-state index in [2.05, 4.69) is 0 Å². The van der Waals surface area contributed by atoms with Crippen LogP contribution >= 0.6 is 12.4 Å². The predicted octanol–water partition coefficient (Wildman–Crippen LogP) is -0.426. The topological polar surface area (TPSA) is 109 Å². The zero-order chi connectivity index (χ0) is 9.12. The Labute approximate surface area is 76.9 Å². The first-order valence-electron chi connectivity index (χ1n) is 2.61. The van der Waals surface area contributed by atoms with Crippen molar-refractivity contribution < 1.29 is 25.9 Å². The van der Waals surface area contributed by atoms with E-state index in [0.717, 1.165) is 0 Å². The summed E-state index contributed by atoms with van der Waals surface area (Å²) in [5.74, 6) is -1.32. The number of hydrogen-bond donors (Lipinski definition) is 2. The third kappa shape index (κ3) is 12.8. The molecule has 0 aliphatic heterocycles. The lowest BCUT2D eigenvalue weighted by molar-refractivity contribution is 0.477. The summed E-state index contributed by atoms with van der Waals surface area (Å²) in [6.07, 6.45) is -0.308. The fraction of sp³-hybridized carbons (Fsp3) is 1.00. The van der Waals surface area contributed by atoms with E-state index in [1.165, 1.54) is 0 Å². The summed E-state index contributed by atoms with van der Waals surface area (Å²) >= 11 is 0. The van der Waals surface area contributed by atoms with Crippen LogP contribution in [0.25, 0.3) is 0 Å². The highest BCUT2D eigenvalue weighted by atomic mass is 35.5. The van der Waals surface area contributed by atoms with Crippen LogP contribution in [0, 0.1) is 0 Å². The molecular formula is C3H9ClO6S2. The van der Waals surface area contributed by atoms with Crippen molar-refractivity contribution in [3.8, 4) is 0 Å². The van der Waals surface area contributed by atoms with Gasteiger partial charge in [0.05, 0.1) is 11.5 Å². The van der Waals surface area contributed by atoms with Crippen molar-refractivity contribution in [1.29, 1.82) is 0 Å². The highest BCUT2D eigenvalue weighted by Gasteiger charge is 2.08. The van der Waals surface area contributed by atoms with Crippen LogP contribution in [0.1, 0.15) is 6.42 Å². The van der Waals surface area contributed by atoms with Crippen molar-refractivity contribution in [2.45, 2.75) is 6.42 Å². The second kappa shape index (κ2) is 4.97. The SMILES string of the molecule is Cl.O=S(=O)(O)CCCS(=O)(=O)O. The Bertz CT molecular complexity index is 270. The molecule has 0 heterocycles. The number of halogens is 1. The van der Waals surface area contributed by atoms with Gasteiger partial charge in [0.15, 0.2) is 0 Å². The Hall–Kier alpha value is 0.110. The number of rotatable bonds is 4. The van der Waals surface area contributed by atoms with Crippen molar-refractivity contribution in [2.24, 2.45) is 0 Å². The molecule has 0 aromatic carbocycles. The van der Waals surface area contributed by atoms with Crippen LogP contribution < -0.4 is 0 Å². The van der Waals surface area contributed by atoms with Crippen LogP contribution in [0.15, 0.2) is 0 Å². The van der Waals surface area contributed by atoms with Gasteiger partial charge < -0.3 is 0 Å². The van der Waals surface area contributed by atoms with E-state index < -0.39 is 31.7 Å². The monoisotopic (exact) mass is 240 g/mol. The second-order valence-corrected chi connectivity index (χ2v) is 5.07. The van der Waals surface area contributed by atoms with E-state index >= 15 is 0 Å². The minimum absolute atomic E-state index is 0. The van der Waals surface area contributed by atoms with Gasteiger partial charge in [-0.3, -0.25) is 9.11 Å². The molecule has 0 radical (unpaired) electrons. The Morgan fingerprint density at radius 3 is 1.25 bits per heavy atom. The predicted molar refractivity (Wildman–Crippen MR) is 44.7 cm³/mol. The fourth-order valence-electron chi connectivity index (χ4n) is 0.424. The zero-order valence-corrected chi connectivity index (χ0v) is 8.32. The molecule has 0 saturated carbocycles. The molecule has 9 heteroatoms. The Kier molecular flexibility index (Phi) is 6.06. The Balaban J connectivity index is 0. The summed E-state index contributed by atoms with van der Waals surface area (Å²) in [6, 6.07) is 0. The number of hydrogen-bond acceptors (Lipinski definition) is 4. The van der Waals surface area contributed by atoms with E-state index in [4.69, 9.17) is 9.11 Å². The molecule has 0 amide bonds. The first kappa shape index (κ1) is 14.6. The normalized spacial score (nSPS) is 12.2. The first-order chi connectivity index (χ1) is 4.71. The van der Waals surface area contributed by atoms with Crippen LogP contribution in [-0.4, -0.2) is 37.4 Å². The first-order valence-corrected chi connectivity index (χ1v) is 5.83. The zero-order valence-electron chi connectivity index (χ0n) is 5.87. The lowest BCUT2D eigenvalue weighted by atomic mass is 10.6. The van der Waals surface area contributed by atoms with Gasteiger partial charge >= 0.3 is 0 Å². The molecule has 0 spiro atoms. The van der Waals surface area contributed by atoms with E-state index in [-0.39, 0.29) is 18.8 Å². The Morgan fingerprint density at radius 2 is 1.08 bits per heavy atom. The van der Waals surface area contributed by atoms with E-state index in [9.17, 15) is 16.8 Å². The molecule has 0 bridgehead atoms. The molecule has 0 rings (SSSR count). The standard InChI is InChI=1S/C3H8O6S2.ClH/c4-10(5,6)2-1-3-11(7,8)9;/h1-3H2,(H,4,5,6)(H,7,8,9);1H. The largest absolute Gasteiger partial charge is 0.286 e. The van der Waals surface area contributed by atoms with Crippen molar-refractivity contribution in [2.75, 3.05) is 11.5 Å². The smallest absolute Gasteiger partial charge is 0.264 e. The average molecular weight is 241 g/mol. The van der Waals surface area contributed by atoms with E-state index in [0.29, 0.717) is 0 Å². The van der Waals surface area contributed by atoms with Crippen molar-refractivity contribution in [3.05, 3.63) is 0 Å². The molecule has 0 aliphatic rings. The van der Waals surface area contributed by atoms with Gasteiger partial charge in [0.2, 0.25) is 0 Å². The molecule has 0 fully saturated rings. The van der Waals surface area contributed by atoms with Crippen molar-refractivity contribution in [1.82, 2.24) is 0 Å². The third-order valence-electron chi connectivity index (χ3n) is 0.805. The average Bonchev–Trinajstić information content (AvgIpc) is 1.55. The lowest BCUT2D eigenvalue weighted by Gasteiger charge is -1.94. The van der Waals surface area contributed by atoms with Crippen molar-refractivity contribution in [3.63, 3.8) is 0 Å². The Morgan fingerprint density at radius 1 is 0.833 bits per heavy atom. The van der Waals surface area contributed by atoms with Crippen LogP contribution in [0.3, 0.4) is 0 Å². The highest BCUT2D eigenvalue weighted by Crippen LogP contribution is 1.92.